The molecule has 0 radical (unpaired) electrons. The molecule has 1 aromatic heterocycles. The number of rotatable bonds is 4. The molecule has 1 aliphatic heterocycles. The van der Waals surface area contributed by atoms with Crippen LogP contribution in [-0.2, 0) is 0 Å². The van der Waals surface area contributed by atoms with Gasteiger partial charge >= 0.3 is 0 Å². The van der Waals surface area contributed by atoms with Crippen LogP contribution >= 0.6 is 0 Å². The van der Waals surface area contributed by atoms with Gasteiger partial charge in [-0.3, -0.25) is 9.78 Å². The van der Waals surface area contributed by atoms with Crippen molar-refractivity contribution < 1.29 is 19.4 Å². The van der Waals surface area contributed by atoms with E-state index in [1.54, 1.807) is 24.4 Å². The predicted octanol–water partition coefficient (Wildman–Crippen LogP) is 2.05. The second kappa shape index (κ2) is 6.13. The summed E-state index contributed by atoms with van der Waals surface area (Å²) in [6.07, 6.45) is 2.76. The van der Waals surface area contributed by atoms with Crippen molar-refractivity contribution in [1.29, 1.82) is 0 Å². The molecule has 2 aromatic rings. The zero-order valence-electron chi connectivity index (χ0n) is 13.0. The molecular formula is C18H18N2O4. The van der Waals surface area contributed by atoms with E-state index < -0.39 is 0 Å². The molecule has 124 valence electrons. The fourth-order valence-corrected chi connectivity index (χ4v) is 3.16. The highest BCUT2D eigenvalue weighted by molar-refractivity contribution is 5.95. The monoisotopic (exact) mass is 326 g/mol. The Morgan fingerprint density at radius 1 is 1.21 bits per heavy atom. The summed E-state index contributed by atoms with van der Waals surface area (Å²) in [6, 6.07) is 10.6. The van der Waals surface area contributed by atoms with Gasteiger partial charge in [0.1, 0.15) is 0 Å². The van der Waals surface area contributed by atoms with E-state index >= 15 is 0 Å². The van der Waals surface area contributed by atoms with E-state index in [1.165, 1.54) is 0 Å². The zero-order valence-corrected chi connectivity index (χ0v) is 13.0. The summed E-state index contributed by atoms with van der Waals surface area (Å²) in [4.78, 5) is 17.0. The molecule has 1 atom stereocenters. The molecular weight excluding hydrogens is 308 g/mol. The molecule has 0 spiro atoms. The van der Waals surface area contributed by atoms with Gasteiger partial charge in [0, 0.05) is 11.8 Å². The number of fused-ring (bicyclic) bond motifs is 1. The van der Waals surface area contributed by atoms with Crippen LogP contribution in [0.25, 0.3) is 0 Å². The summed E-state index contributed by atoms with van der Waals surface area (Å²) in [6.45, 7) is 0.178. The Labute approximate surface area is 139 Å². The first-order chi connectivity index (χ1) is 11.7. The van der Waals surface area contributed by atoms with E-state index in [0.29, 0.717) is 29.9 Å². The van der Waals surface area contributed by atoms with Gasteiger partial charge in [0.15, 0.2) is 11.5 Å². The van der Waals surface area contributed by atoms with Crippen LogP contribution in [0, 0.1) is 5.92 Å². The SMILES string of the molecule is O=C(NC(c1ccccn1)C1CC(O)C1)c1ccc2c(c1)OCO2. The summed E-state index contributed by atoms with van der Waals surface area (Å²) in [5.74, 6) is 1.23. The fourth-order valence-electron chi connectivity index (χ4n) is 3.16. The molecule has 2 N–H and O–H groups in total. The van der Waals surface area contributed by atoms with Gasteiger partial charge in [0.2, 0.25) is 6.79 Å². The highest BCUT2D eigenvalue weighted by Crippen LogP contribution is 2.38. The first kappa shape index (κ1) is 15.0. The van der Waals surface area contributed by atoms with E-state index in [9.17, 15) is 9.90 Å². The number of nitrogens with zero attached hydrogens (tertiary/aromatic N) is 1. The number of pyridine rings is 1. The van der Waals surface area contributed by atoms with E-state index in [0.717, 1.165) is 5.69 Å². The molecule has 1 unspecified atom stereocenters. The van der Waals surface area contributed by atoms with Crippen LogP contribution in [0.5, 0.6) is 11.5 Å². The number of carbonyl (C=O) groups excluding carboxylic acids is 1. The van der Waals surface area contributed by atoms with Crippen LogP contribution in [0.2, 0.25) is 0 Å². The highest BCUT2D eigenvalue weighted by atomic mass is 16.7. The van der Waals surface area contributed by atoms with Crippen molar-refractivity contribution in [2.75, 3.05) is 6.79 Å². The largest absolute Gasteiger partial charge is 0.454 e. The van der Waals surface area contributed by atoms with Crippen molar-refractivity contribution in [3.63, 3.8) is 0 Å². The third kappa shape index (κ3) is 2.80. The molecule has 6 nitrogen and oxygen atoms in total. The molecule has 1 aromatic carbocycles. The molecule has 24 heavy (non-hydrogen) atoms. The lowest BCUT2D eigenvalue weighted by Gasteiger charge is -2.37. The van der Waals surface area contributed by atoms with Crippen molar-refractivity contribution in [1.82, 2.24) is 10.3 Å². The van der Waals surface area contributed by atoms with Crippen molar-refractivity contribution in [3.8, 4) is 11.5 Å². The van der Waals surface area contributed by atoms with Crippen molar-refractivity contribution in [3.05, 3.63) is 53.9 Å². The van der Waals surface area contributed by atoms with Gasteiger partial charge in [-0.05, 0) is 49.1 Å². The number of aliphatic hydroxyl groups is 1. The van der Waals surface area contributed by atoms with Crippen LogP contribution in [0.1, 0.15) is 34.9 Å². The number of benzene rings is 1. The Balaban J connectivity index is 1.55. The number of hydrogen-bond donors (Lipinski definition) is 2. The standard InChI is InChI=1S/C18H18N2O4/c21-13-7-12(8-13)17(14-3-1-2-6-19-14)20-18(22)11-4-5-15-16(9-11)24-10-23-15/h1-6,9,12-13,17,21H,7-8,10H2,(H,20,22). The Kier molecular flexibility index (Phi) is 3.82. The maximum atomic E-state index is 12.7. The number of carbonyl (C=O) groups is 1. The normalized spacial score (nSPS) is 22.5. The van der Waals surface area contributed by atoms with Crippen LogP contribution < -0.4 is 14.8 Å². The summed E-state index contributed by atoms with van der Waals surface area (Å²) in [7, 11) is 0. The molecule has 1 saturated carbocycles. The number of amides is 1. The molecule has 1 aliphatic carbocycles. The summed E-state index contributed by atoms with van der Waals surface area (Å²) >= 11 is 0. The number of nitrogens with one attached hydrogen (secondary N) is 1. The van der Waals surface area contributed by atoms with Gasteiger partial charge in [0.25, 0.3) is 5.91 Å². The maximum Gasteiger partial charge on any atom is 0.251 e. The van der Waals surface area contributed by atoms with Gasteiger partial charge in [-0.2, -0.15) is 0 Å². The lowest BCUT2D eigenvalue weighted by molar-refractivity contribution is 0.0228. The Bertz CT molecular complexity index is 744. The number of aliphatic hydroxyl groups excluding tert-OH is 1. The van der Waals surface area contributed by atoms with Crippen LogP contribution in [-0.4, -0.2) is 28.9 Å². The minimum atomic E-state index is -0.288. The van der Waals surface area contributed by atoms with Gasteiger partial charge in [-0.1, -0.05) is 6.07 Å². The van der Waals surface area contributed by atoms with Gasteiger partial charge < -0.3 is 19.9 Å². The van der Waals surface area contributed by atoms with E-state index in [4.69, 9.17) is 9.47 Å². The lowest BCUT2D eigenvalue weighted by Crippen LogP contribution is -2.41. The zero-order chi connectivity index (χ0) is 16.5. The minimum absolute atomic E-state index is 0.178. The third-order valence-corrected chi connectivity index (χ3v) is 4.55. The number of hydrogen-bond acceptors (Lipinski definition) is 5. The lowest BCUT2D eigenvalue weighted by atomic mass is 9.76. The van der Waals surface area contributed by atoms with Crippen molar-refractivity contribution in [2.24, 2.45) is 5.92 Å². The predicted molar refractivity (Wildman–Crippen MR) is 85.7 cm³/mol. The molecule has 4 rings (SSSR count). The van der Waals surface area contributed by atoms with E-state index in [2.05, 4.69) is 10.3 Å². The molecule has 1 amide bonds. The first-order valence-electron chi connectivity index (χ1n) is 8.00. The van der Waals surface area contributed by atoms with Crippen molar-refractivity contribution in [2.45, 2.75) is 25.0 Å². The van der Waals surface area contributed by atoms with Gasteiger partial charge in [-0.25, -0.2) is 0 Å². The van der Waals surface area contributed by atoms with Crippen LogP contribution in [0.3, 0.4) is 0 Å². The molecule has 2 aliphatic rings. The van der Waals surface area contributed by atoms with E-state index in [-0.39, 0.29) is 30.8 Å². The quantitative estimate of drug-likeness (QED) is 0.899. The van der Waals surface area contributed by atoms with E-state index in [1.807, 2.05) is 18.2 Å². The summed E-state index contributed by atoms with van der Waals surface area (Å²) in [5.41, 5.74) is 1.32. The third-order valence-electron chi connectivity index (χ3n) is 4.55. The number of ether oxygens (including phenoxy) is 2. The summed E-state index contributed by atoms with van der Waals surface area (Å²) < 4.78 is 10.6. The van der Waals surface area contributed by atoms with Crippen LogP contribution in [0.15, 0.2) is 42.6 Å². The fraction of sp³-hybridized carbons (Fsp3) is 0.333. The average molecular weight is 326 g/mol. The number of aromatic nitrogens is 1. The molecule has 1 fully saturated rings. The smallest absolute Gasteiger partial charge is 0.251 e. The summed E-state index contributed by atoms with van der Waals surface area (Å²) in [5, 5.41) is 12.7. The molecule has 6 heteroatoms. The molecule has 2 heterocycles. The second-order valence-electron chi connectivity index (χ2n) is 6.16. The first-order valence-corrected chi connectivity index (χ1v) is 8.00. The molecule has 0 bridgehead atoms. The van der Waals surface area contributed by atoms with Crippen LogP contribution in [0.4, 0.5) is 0 Å². The minimum Gasteiger partial charge on any atom is -0.454 e. The Morgan fingerprint density at radius 2 is 2.04 bits per heavy atom. The van der Waals surface area contributed by atoms with Gasteiger partial charge in [0.05, 0.1) is 17.8 Å². The Morgan fingerprint density at radius 3 is 2.79 bits per heavy atom. The molecule has 0 saturated heterocycles. The average Bonchev–Trinajstić information content (AvgIpc) is 3.05. The second-order valence-corrected chi connectivity index (χ2v) is 6.16. The topological polar surface area (TPSA) is 80.7 Å². The Hall–Kier alpha value is -2.60. The highest BCUT2D eigenvalue weighted by Gasteiger charge is 2.36. The maximum absolute atomic E-state index is 12.7. The van der Waals surface area contributed by atoms with Gasteiger partial charge in [-0.15, -0.1) is 0 Å². The van der Waals surface area contributed by atoms with Crippen molar-refractivity contribution >= 4 is 5.91 Å².